The quantitative estimate of drug-likeness (QED) is 0.642. The van der Waals surface area contributed by atoms with Crippen LogP contribution in [0, 0.1) is 0 Å². The van der Waals surface area contributed by atoms with Crippen molar-refractivity contribution < 1.29 is 4.74 Å². The Morgan fingerprint density at radius 2 is 1.76 bits per heavy atom. The Bertz CT molecular complexity index is 712. The fourth-order valence-corrected chi connectivity index (χ4v) is 2.94. The number of para-hydroxylation sites is 1. The van der Waals surface area contributed by atoms with Crippen LogP contribution < -0.4 is 10.1 Å². The minimum Gasteiger partial charge on any atom is -0.457 e. The maximum Gasteiger partial charge on any atom is 0.129 e. The molecule has 0 aliphatic rings. The molecule has 0 saturated carbocycles. The predicted octanol–water partition coefficient (Wildman–Crippen LogP) is 5.81. The van der Waals surface area contributed by atoms with Crippen LogP contribution in [0.15, 0.2) is 66.0 Å². The van der Waals surface area contributed by atoms with Gasteiger partial charge in [0.15, 0.2) is 0 Å². The van der Waals surface area contributed by atoms with Gasteiger partial charge < -0.3 is 10.1 Å². The highest BCUT2D eigenvalue weighted by Crippen LogP contribution is 2.25. The van der Waals surface area contributed by atoms with Crippen molar-refractivity contribution in [1.82, 2.24) is 0 Å². The second-order valence-electron chi connectivity index (χ2n) is 4.53. The van der Waals surface area contributed by atoms with E-state index in [1.165, 1.54) is 4.88 Å². The van der Waals surface area contributed by atoms with Crippen LogP contribution in [0.3, 0.4) is 0 Å². The van der Waals surface area contributed by atoms with Crippen LogP contribution in [0.25, 0.3) is 0 Å². The van der Waals surface area contributed by atoms with Crippen molar-refractivity contribution in [2.24, 2.45) is 0 Å². The summed E-state index contributed by atoms with van der Waals surface area (Å²) < 4.78 is 5.82. The molecule has 0 aliphatic heterocycles. The Hall–Kier alpha value is -1.97. The van der Waals surface area contributed by atoms with E-state index in [2.05, 4.69) is 5.32 Å². The molecule has 3 aromatic rings. The fraction of sp³-hybridized carbons (Fsp3) is 0.0588. The van der Waals surface area contributed by atoms with Gasteiger partial charge in [-0.05, 0) is 30.3 Å². The van der Waals surface area contributed by atoms with E-state index in [-0.39, 0.29) is 0 Å². The summed E-state index contributed by atoms with van der Waals surface area (Å²) in [5.41, 5.74) is 1.02. The second kappa shape index (κ2) is 6.66. The van der Waals surface area contributed by atoms with Gasteiger partial charge in [-0.15, -0.1) is 11.3 Å². The molecule has 0 unspecified atom stereocenters. The molecule has 2 nitrogen and oxygen atoms in total. The van der Waals surface area contributed by atoms with Crippen molar-refractivity contribution in [1.29, 1.82) is 0 Å². The van der Waals surface area contributed by atoms with E-state index in [4.69, 9.17) is 16.3 Å². The largest absolute Gasteiger partial charge is 0.457 e. The van der Waals surface area contributed by atoms with Crippen molar-refractivity contribution in [2.75, 3.05) is 5.32 Å². The lowest BCUT2D eigenvalue weighted by Crippen LogP contribution is -1.97. The number of nitrogens with one attached hydrogen (secondary N) is 1. The molecule has 1 aromatic heterocycles. The summed E-state index contributed by atoms with van der Waals surface area (Å²) in [6.07, 6.45) is 0. The Labute approximate surface area is 133 Å². The van der Waals surface area contributed by atoms with Crippen LogP contribution in [0.5, 0.6) is 11.5 Å². The first-order valence-electron chi connectivity index (χ1n) is 6.59. The van der Waals surface area contributed by atoms with E-state index < -0.39 is 0 Å². The molecular formula is C17H14ClNOS. The van der Waals surface area contributed by atoms with Gasteiger partial charge in [0.25, 0.3) is 0 Å². The lowest BCUT2D eigenvalue weighted by atomic mass is 10.3. The molecule has 4 heteroatoms. The lowest BCUT2D eigenvalue weighted by molar-refractivity contribution is 0.483. The zero-order valence-electron chi connectivity index (χ0n) is 11.3. The van der Waals surface area contributed by atoms with Crippen LogP contribution in [0.1, 0.15) is 4.88 Å². The van der Waals surface area contributed by atoms with E-state index in [1.54, 1.807) is 11.3 Å². The van der Waals surface area contributed by atoms with Gasteiger partial charge in [-0.2, -0.15) is 0 Å². The topological polar surface area (TPSA) is 21.3 Å². The highest BCUT2D eigenvalue weighted by atomic mass is 35.5. The molecule has 3 rings (SSSR count). The third kappa shape index (κ3) is 4.00. The van der Waals surface area contributed by atoms with Crippen molar-refractivity contribution in [3.8, 4) is 11.5 Å². The monoisotopic (exact) mass is 315 g/mol. The predicted molar refractivity (Wildman–Crippen MR) is 89.6 cm³/mol. The number of ether oxygens (including phenoxy) is 1. The minimum absolute atomic E-state index is 0.756. The number of halogens is 1. The maximum atomic E-state index is 5.92. The number of anilines is 1. The molecule has 0 fully saturated rings. The first-order chi connectivity index (χ1) is 10.3. The minimum atomic E-state index is 0.756. The number of hydrogen-bond acceptors (Lipinski definition) is 3. The summed E-state index contributed by atoms with van der Waals surface area (Å²) >= 11 is 7.57. The van der Waals surface area contributed by atoms with Crippen LogP contribution in [-0.2, 0) is 6.54 Å². The summed E-state index contributed by atoms with van der Waals surface area (Å²) in [6.45, 7) is 0.756. The first kappa shape index (κ1) is 14.0. The number of benzene rings is 2. The third-order valence-electron chi connectivity index (χ3n) is 2.90. The molecule has 1 heterocycles. The molecule has 0 saturated heterocycles. The Morgan fingerprint density at radius 3 is 2.52 bits per heavy atom. The van der Waals surface area contributed by atoms with Crippen LogP contribution >= 0.6 is 22.9 Å². The molecule has 0 radical (unpaired) electrons. The molecule has 21 heavy (non-hydrogen) atoms. The number of thiophene rings is 1. The average Bonchev–Trinajstić information content (AvgIpc) is 2.92. The molecule has 106 valence electrons. The summed E-state index contributed by atoms with van der Waals surface area (Å²) in [5.74, 6) is 1.65. The second-order valence-corrected chi connectivity index (χ2v) is 5.96. The smallest absolute Gasteiger partial charge is 0.129 e. The van der Waals surface area contributed by atoms with Crippen LogP contribution in [0.2, 0.25) is 5.02 Å². The molecule has 2 aromatic carbocycles. The molecule has 0 bridgehead atoms. The van der Waals surface area contributed by atoms with Gasteiger partial charge in [-0.3, -0.25) is 0 Å². The number of rotatable bonds is 5. The van der Waals surface area contributed by atoms with E-state index in [1.807, 2.05) is 66.0 Å². The summed E-state index contributed by atoms with van der Waals surface area (Å²) in [4.78, 5) is 1.20. The van der Waals surface area contributed by atoms with E-state index in [0.717, 1.165) is 28.8 Å². The summed E-state index contributed by atoms with van der Waals surface area (Å²) in [5, 5.41) is 6.10. The Balaban J connectivity index is 1.65. The fourth-order valence-electron chi connectivity index (χ4n) is 1.93. The molecule has 0 amide bonds. The van der Waals surface area contributed by atoms with Crippen molar-refractivity contribution in [3.05, 3.63) is 75.9 Å². The van der Waals surface area contributed by atoms with Gasteiger partial charge >= 0.3 is 0 Å². The SMILES string of the molecule is Clc1csc(CNc2cccc(Oc3ccccc3)c2)c1. The molecule has 0 spiro atoms. The summed E-state index contributed by atoms with van der Waals surface area (Å²) in [7, 11) is 0. The van der Waals surface area contributed by atoms with Gasteiger partial charge in [0.05, 0.1) is 5.02 Å². The van der Waals surface area contributed by atoms with Gasteiger partial charge in [-0.1, -0.05) is 35.9 Å². The molecule has 1 N–H and O–H groups in total. The van der Waals surface area contributed by atoms with Crippen molar-refractivity contribution in [3.63, 3.8) is 0 Å². The Morgan fingerprint density at radius 1 is 0.952 bits per heavy atom. The zero-order valence-corrected chi connectivity index (χ0v) is 12.8. The van der Waals surface area contributed by atoms with Crippen molar-refractivity contribution >= 4 is 28.6 Å². The highest BCUT2D eigenvalue weighted by molar-refractivity contribution is 7.10. The zero-order chi connectivity index (χ0) is 14.5. The first-order valence-corrected chi connectivity index (χ1v) is 7.85. The van der Waals surface area contributed by atoms with Crippen LogP contribution in [0.4, 0.5) is 5.69 Å². The standard InChI is InChI=1S/C17H14ClNOS/c18-13-9-17(21-12-13)11-19-14-5-4-8-16(10-14)20-15-6-2-1-3-7-15/h1-10,12,19H,11H2. The van der Waals surface area contributed by atoms with Gasteiger partial charge in [0.1, 0.15) is 11.5 Å². The van der Waals surface area contributed by atoms with Gasteiger partial charge in [-0.25, -0.2) is 0 Å². The summed E-state index contributed by atoms with van der Waals surface area (Å²) in [6, 6.07) is 19.7. The van der Waals surface area contributed by atoms with Gasteiger partial charge in [0, 0.05) is 28.6 Å². The number of hydrogen-bond donors (Lipinski definition) is 1. The van der Waals surface area contributed by atoms with Crippen LogP contribution in [-0.4, -0.2) is 0 Å². The maximum absolute atomic E-state index is 5.92. The normalized spacial score (nSPS) is 10.3. The van der Waals surface area contributed by atoms with E-state index >= 15 is 0 Å². The third-order valence-corrected chi connectivity index (χ3v) is 4.19. The highest BCUT2D eigenvalue weighted by Gasteiger charge is 2.01. The molecule has 0 atom stereocenters. The van der Waals surface area contributed by atoms with E-state index in [0.29, 0.717) is 0 Å². The van der Waals surface area contributed by atoms with Gasteiger partial charge in [0.2, 0.25) is 0 Å². The Kier molecular flexibility index (Phi) is 4.43. The lowest BCUT2D eigenvalue weighted by Gasteiger charge is -2.09. The molecule has 0 aliphatic carbocycles. The molecular weight excluding hydrogens is 302 g/mol. The van der Waals surface area contributed by atoms with Crippen molar-refractivity contribution in [2.45, 2.75) is 6.54 Å². The average molecular weight is 316 g/mol. The van der Waals surface area contributed by atoms with E-state index in [9.17, 15) is 0 Å².